The monoisotopic (exact) mass is 306 g/mol. The third kappa shape index (κ3) is 3.65. The van der Waals surface area contributed by atoms with E-state index in [0.717, 1.165) is 24.8 Å². The number of benzene rings is 1. The Kier molecular flexibility index (Phi) is 5.40. The van der Waals surface area contributed by atoms with Crippen molar-refractivity contribution in [3.63, 3.8) is 0 Å². The summed E-state index contributed by atoms with van der Waals surface area (Å²) < 4.78 is 1.77. The summed E-state index contributed by atoms with van der Waals surface area (Å²) in [7, 11) is 0. The highest BCUT2D eigenvalue weighted by molar-refractivity contribution is 6.20. The van der Waals surface area contributed by atoms with Crippen LogP contribution in [0, 0.1) is 5.92 Å². The van der Waals surface area contributed by atoms with Crippen LogP contribution in [0.25, 0.3) is 10.9 Å². The summed E-state index contributed by atoms with van der Waals surface area (Å²) in [4.78, 5) is 17.3. The van der Waals surface area contributed by atoms with Gasteiger partial charge in [-0.3, -0.25) is 9.36 Å². The maximum Gasteiger partial charge on any atom is 0.261 e. The fourth-order valence-corrected chi connectivity index (χ4v) is 2.65. The standard InChI is InChI=1S/C17H23ClN2O/c1-4-14(18)16-19-15-10-6-5-9-13(15)17(21)20(16)11-7-8-12(2)3/h5-6,9-10,12,14H,4,7-8,11H2,1-3H3. The lowest BCUT2D eigenvalue weighted by molar-refractivity contribution is 0.491. The molecule has 1 aromatic heterocycles. The van der Waals surface area contributed by atoms with E-state index >= 15 is 0 Å². The quantitative estimate of drug-likeness (QED) is 0.735. The first-order valence-electron chi connectivity index (χ1n) is 7.68. The molecule has 0 aliphatic carbocycles. The van der Waals surface area contributed by atoms with Gasteiger partial charge in [0.05, 0.1) is 16.3 Å². The SMILES string of the molecule is CCC(Cl)c1nc2ccccc2c(=O)n1CCCC(C)C. The molecule has 1 aromatic carbocycles. The topological polar surface area (TPSA) is 34.9 Å². The van der Waals surface area contributed by atoms with Crippen LogP contribution < -0.4 is 5.56 Å². The van der Waals surface area contributed by atoms with Crippen molar-refractivity contribution in [2.45, 2.75) is 52.0 Å². The molecule has 0 saturated heterocycles. The molecule has 1 heterocycles. The van der Waals surface area contributed by atoms with Crippen molar-refractivity contribution in [3.8, 4) is 0 Å². The zero-order chi connectivity index (χ0) is 15.4. The van der Waals surface area contributed by atoms with Crippen LogP contribution in [0.4, 0.5) is 0 Å². The molecule has 0 saturated carbocycles. The predicted octanol–water partition coefficient (Wildman–Crippen LogP) is 4.52. The molecule has 2 aromatic rings. The molecule has 21 heavy (non-hydrogen) atoms. The van der Waals surface area contributed by atoms with Crippen molar-refractivity contribution in [3.05, 3.63) is 40.4 Å². The Labute approximate surface area is 131 Å². The summed E-state index contributed by atoms with van der Waals surface area (Å²) in [6.07, 6.45) is 2.83. The Hall–Kier alpha value is -1.35. The van der Waals surface area contributed by atoms with E-state index in [1.807, 2.05) is 31.2 Å². The van der Waals surface area contributed by atoms with E-state index in [2.05, 4.69) is 18.8 Å². The van der Waals surface area contributed by atoms with Gasteiger partial charge in [-0.25, -0.2) is 4.98 Å². The maximum absolute atomic E-state index is 12.7. The second-order valence-electron chi connectivity index (χ2n) is 5.86. The number of fused-ring (bicyclic) bond motifs is 1. The Bertz CT molecular complexity index is 663. The molecule has 2 rings (SSSR count). The van der Waals surface area contributed by atoms with Crippen molar-refractivity contribution in [1.82, 2.24) is 9.55 Å². The number of para-hydroxylation sites is 1. The summed E-state index contributed by atoms with van der Waals surface area (Å²) in [5.41, 5.74) is 0.759. The minimum Gasteiger partial charge on any atom is -0.295 e. The molecular weight excluding hydrogens is 284 g/mol. The molecule has 0 aliphatic rings. The summed E-state index contributed by atoms with van der Waals surface area (Å²) in [5, 5.41) is 0.451. The zero-order valence-electron chi connectivity index (χ0n) is 13.0. The van der Waals surface area contributed by atoms with E-state index in [-0.39, 0.29) is 10.9 Å². The van der Waals surface area contributed by atoms with Gasteiger partial charge in [0.1, 0.15) is 5.82 Å². The summed E-state index contributed by atoms with van der Waals surface area (Å²) in [5.74, 6) is 1.34. The lowest BCUT2D eigenvalue weighted by Crippen LogP contribution is -2.26. The van der Waals surface area contributed by atoms with Gasteiger partial charge in [-0.2, -0.15) is 0 Å². The van der Waals surface area contributed by atoms with Crippen molar-refractivity contribution in [2.24, 2.45) is 5.92 Å². The zero-order valence-corrected chi connectivity index (χ0v) is 13.7. The first kappa shape index (κ1) is 16.0. The predicted molar refractivity (Wildman–Crippen MR) is 89.0 cm³/mol. The van der Waals surface area contributed by atoms with Crippen LogP contribution in [0.1, 0.15) is 51.2 Å². The van der Waals surface area contributed by atoms with Crippen LogP contribution >= 0.6 is 11.6 Å². The van der Waals surface area contributed by atoms with Gasteiger partial charge in [-0.1, -0.05) is 32.9 Å². The normalized spacial score (nSPS) is 13.0. The van der Waals surface area contributed by atoms with Crippen molar-refractivity contribution >= 4 is 22.5 Å². The average molecular weight is 307 g/mol. The van der Waals surface area contributed by atoms with Crippen LogP contribution in [-0.4, -0.2) is 9.55 Å². The van der Waals surface area contributed by atoms with Crippen LogP contribution in [0.2, 0.25) is 0 Å². The van der Waals surface area contributed by atoms with E-state index in [1.165, 1.54) is 0 Å². The number of halogens is 1. The van der Waals surface area contributed by atoms with Crippen molar-refractivity contribution in [1.29, 1.82) is 0 Å². The Morgan fingerprint density at radius 1 is 1.29 bits per heavy atom. The first-order valence-corrected chi connectivity index (χ1v) is 8.11. The fourth-order valence-electron chi connectivity index (χ4n) is 2.48. The van der Waals surface area contributed by atoms with Gasteiger partial charge in [-0.15, -0.1) is 11.6 Å². The van der Waals surface area contributed by atoms with Crippen molar-refractivity contribution < 1.29 is 0 Å². The van der Waals surface area contributed by atoms with Gasteiger partial charge >= 0.3 is 0 Å². The number of hydrogen-bond donors (Lipinski definition) is 0. The molecule has 0 aliphatic heterocycles. The lowest BCUT2D eigenvalue weighted by Gasteiger charge is -2.16. The number of aromatic nitrogens is 2. The Morgan fingerprint density at radius 3 is 2.67 bits per heavy atom. The van der Waals surface area contributed by atoms with Crippen LogP contribution in [0.15, 0.2) is 29.1 Å². The summed E-state index contributed by atoms with van der Waals surface area (Å²) in [6.45, 7) is 7.09. The van der Waals surface area contributed by atoms with E-state index in [1.54, 1.807) is 4.57 Å². The highest BCUT2D eigenvalue weighted by atomic mass is 35.5. The third-order valence-corrected chi connectivity index (χ3v) is 4.20. The van der Waals surface area contributed by atoms with Gasteiger partial charge in [0, 0.05) is 6.54 Å². The largest absolute Gasteiger partial charge is 0.295 e. The van der Waals surface area contributed by atoms with E-state index in [4.69, 9.17) is 11.6 Å². The van der Waals surface area contributed by atoms with Gasteiger partial charge in [0.2, 0.25) is 0 Å². The summed E-state index contributed by atoms with van der Waals surface area (Å²) >= 11 is 6.39. The van der Waals surface area contributed by atoms with Crippen LogP contribution in [-0.2, 0) is 6.54 Å². The number of rotatable bonds is 6. The molecular formula is C17H23ClN2O. The Balaban J connectivity index is 2.48. The number of hydrogen-bond acceptors (Lipinski definition) is 2. The van der Waals surface area contributed by atoms with Gasteiger partial charge in [0.15, 0.2) is 0 Å². The highest BCUT2D eigenvalue weighted by Crippen LogP contribution is 2.23. The minimum absolute atomic E-state index is 0.0263. The molecule has 4 heteroatoms. The van der Waals surface area contributed by atoms with E-state index in [0.29, 0.717) is 23.7 Å². The van der Waals surface area contributed by atoms with Crippen molar-refractivity contribution in [2.75, 3.05) is 0 Å². The molecule has 0 amide bonds. The smallest absolute Gasteiger partial charge is 0.261 e. The van der Waals surface area contributed by atoms with Crippen LogP contribution in [0.5, 0.6) is 0 Å². The fraction of sp³-hybridized carbons (Fsp3) is 0.529. The molecule has 3 nitrogen and oxygen atoms in total. The third-order valence-electron chi connectivity index (χ3n) is 3.69. The second kappa shape index (κ2) is 7.08. The molecule has 0 bridgehead atoms. The molecule has 114 valence electrons. The van der Waals surface area contributed by atoms with Gasteiger partial charge in [-0.05, 0) is 37.3 Å². The highest BCUT2D eigenvalue weighted by Gasteiger charge is 2.16. The molecule has 0 radical (unpaired) electrons. The average Bonchev–Trinajstić information content (AvgIpc) is 2.48. The minimum atomic E-state index is -0.221. The first-order chi connectivity index (χ1) is 10.0. The lowest BCUT2D eigenvalue weighted by atomic mass is 10.1. The molecule has 0 spiro atoms. The Morgan fingerprint density at radius 2 is 2.00 bits per heavy atom. The van der Waals surface area contributed by atoms with Gasteiger partial charge in [0.25, 0.3) is 5.56 Å². The van der Waals surface area contributed by atoms with Gasteiger partial charge < -0.3 is 0 Å². The van der Waals surface area contributed by atoms with E-state index < -0.39 is 0 Å². The maximum atomic E-state index is 12.7. The molecule has 0 fully saturated rings. The molecule has 1 atom stereocenters. The number of alkyl halides is 1. The molecule has 1 unspecified atom stereocenters. The number of nitrogens with zero attached hydrogens (tertiary/aromatic N) is 2. The van der Waals surface area contributed by atoms with Crippen LogP contribution in [0.3, 0.4) is 0 Å². The summed E-state index contributed by atoms with van der Waals surface area (Å²) in [6, 6.07) is 7.49. The second-order valence-corrected chi connectivity index (χ2v) is 6.38. The van der Waals surface area contributed by atoms with E-state index in [9.17, 15) is 4.79 Å². The molecule has 0 N–H and O–H groups in total.